The summed E-state index contributed by atoms with van der Waals surface area (Å²) in [6, 6.07) is 5.26. The number of amides is 2. The first kappa shape index (κ1) is 16.2. The van der Waals surface area contributed by atoms with Crippen LogP contribution in [0.1, 0.15) is 29.6 Å². The minimum atomic E-state index is -0.904. The first-order chi connectivity index (χ1) is 12.1. The minimum Gasteiger partial charge on any atom is -0.486 e. The fourth-order valence-corrected chi connectivity index (χ4v) is 4.03. The fourth-order valence-electron chi connectivity index (χ4n) is 4.03. The number of para-hydroxylation sites is 1. The van der Waals surface area contributed by atoms with Crippen LogP contribution < -0.4 is 14.8 Å². The molecule has 2 N–H and O–H groups in total. The second kappa shape index (κ2) is 6.22. The Morgan fingerprint density at radius 2 is 2.16 bits per heavy atom. The predicted octanol–water partition coefficient (Wildman–Crippen LogP) is 0.561. The molecule has 0 saturated carbocycles. The normalized spacial score (nSPS) is 28.6. The van der Waals surface area contributed by atoms with Gasteiger partial charge in [-0.2, -0.15) is 0 Å². The molecule has 1 aromatic carbocycles. The molecule has 0 aliphatic carbocycles. The van der Waals surface area contributed by atoms with E-state index in [1.54, 1.807) is 23.1 Å². The number of likely N-dealkylation sites (tertiary alicyclic amines) is 1. The van der Waals surface area contributed by atoms with Crippen LogP contribution in [-0.4, -0.2) is 60.8 Å². The molecule has 25 heavy (non-hydrogen) atoms. The molecule has 7 heteroatoms. The van der Waals surface area contributed by atoms with Crippen molar-refractivity contribution in [2.45, 2.75) is 25.4 Å². The van der Waals surface area contributed by atoms with Gasteiger partial charge in [-0.25, -0.2) is 0 Å². The number of benzene rings is 1. The van der Waals surface area contributed by atoms with E-state index in [-0.39, 0.29) is 18.4 Å². The van der Waals surface area contributed by atoms with Crippen molar-refractivity contribution in [2.24, 2.45) is 5.41 Å². The summed E-state index contributed by atoms with van der Waals surface area (Å²) in [6.07, 6.45) is 1.07. The molecule has 2 atom stereocenters. The van der Waals surface area contributed by atoms with Crippen LogP contribution in [0.15, 0.2) is 18.2 Å². The van der Waals surface area contributed by atoms with E-state index in [0.29, 0.717) is 56.2 Å². The molecule has 0 unspecified atom stereocenters. The van der Waals surface area contributed by atoms with E-state index in [2.05, 4.69) is 5.32 Å². The third-order valence-electron chi connectivity index (χ3n) is 5.40. The van der Waals surface area contributed by atoms with Crippen molar-refractivity contribution in [2.75, 3.05) is 32.8 Å². The number of rotatable bonds is 1. The van der Waals surface area contributed by atoms with Crippen LogP contribution in [0.3, 0.4) is 0 Å². The van der Waals surface area contributed by atoms with Crippen molar-refractivity contribution >= 4 is 11.8 Å². The van der Waals surface area contributed by atoms with Gasteiger partial charge in [0.05, 0.1) is 17.1 Å². The van der Waals surface area contributed by atoms with Crippen molar-refractivity contribution in [1.29, 1.82) is 0 Å². The van der Waals surface area contributed by atoms with Crippen LogP contribution in [0.2, 0.25) is 0 Å². The third kappa shape index (κ3) is 2.63. The summed E-state index contributed by atoms with van der Waals surface area (Å²) in [7, 11) is 0. The molecule has 2 fully saturated rings. The van der Waals surface area contributed by atoms with E-state index in [9.17, 15) is 14.7 Å². The molecule has 0 radical (unpaired) electrons. The molecule has 3 aliphatic heterocycles. The van der Waals surface area contributed by atoms with E-state index in [0.717, 1.165) is 6.42 Å². The van der Waals surface area contributed by atoms with Gasteiger partial charge in [0.15, 0.2) is 11.5 Å². The van der Waals surface area contributed by atoms with Crippen LogP contribution in [0.5, 0.6) is 11.5 Å². The summed E-state index contributed by atoms with van der Waals surface area (Å²) in [5.41, 5.74) is -0.460. The summed E-state index contributed by atoms with van der Waals surface area (Å²) in [6.45, 7) is 2.13. The van der Waals surface area contributed by atoms with E-state index < -0.39 is 11.5 Å². The average molecular weight is 346 g/mol. The number of aliphatic hydroxyl groups is 1. The maximum Gasteiger partial charge on any atom is 0.257 e. The van der Waals surface area contributed by atoms with Crippen LogP contribution in [-0.2, 0) is 4.79 Å². The SMILES string of the molecule is O=C(c1cccc2c1OCCO2)N1CC[C@H](O)[C@@]2(CCCNC2=O)C1. The molecule has 0 bridgehead atoms. The summed E-state index contributed by atoms with van der Waals surface area (Å²) in [5.74, 6) is 0.691. The Morgan fingerprint density at radius 3 is 3.00 bits per heavy atom. The fraction of sp³-hybridized carbons (Fsp3) is 0.556. The minimum absolute atomic E-state index is 0.154. The van der Waals surface area contributed by atoms with E-state index in [1.807, 2.05) is 0 Å². The molecule has 4 rings (SSSR count). The Balaban J connectivity index is 1.62. The second-order valence-corrected chi connectivity index (χ2v) is 6.88. The van der Waals surface area contributed by atoms with Crippen molar-refractivity contribution < 1.29 is 24.2 Å². The number of carbonyl (C=O) groups is 2. The van der Waals surface area contributed by atoms with E-state index in [4.69, 9.17) is 9.47 Å². The number of carbonyl (C=O) groups excluding carboxylic acids is 2. The molecular formula is C18H22N2O5. The molecule has 0 aromatic heterocycles. The lowest BCUT2D eigenvalue weighted by atomic mass is 9.71. The van der Waals surface area contributed by atoms with Gasteiger partial charge in [-0.05, 0) is 31.4 Å². The highest BCUT2D eigenvalue weighted by Gasteiger charge is 2.50. The van der Waals surface area contributed by atoms with Gasteiger partial charge in [0.1, 0.15) is 13.2 Å². The summed E-state index contributed by atoms with van der Waals surface area (Å²) >= 11 is 0. The van der Waals surface area contributed by atoms with E-state index in [1.165, 1.54) is 0 Å². The monoisotopic (exact) mass is 346 g/mol. The number of piperidine rings is 2. The maximum atomic E-state index is 13.1. The zero-order valence-corrected chi connectivity index (χ0v) is 14.0. The second-order valence-electron chi connectivity index (χ2n) is 6.88. The summed E-state index contributed by atoms with van der Waals surface area (Å²) in [4.78, 5) is 27.2. The molecule has 7 nitrogen and oxygen atoms in total. The smallest absolute Gasteiger partial charge is 0.257 e. The lowest BCUT2D eigenvalue weighted by molar-refractivity contribution is -0.147. The maximum absolute atomic E-state index is 13.1. The van der Waals surface area contributed by atoms with Crippen molar-refractivity contribution in [3.63, 3.8) is 0 Å². The lowest BCUT2D eigenvalue weighted by Crippen LogP contribution is -2.62. The van der Waals surface area contributed by atoms with Gasteiger partial charge in [-0.3, -0.25) is 9.59 Å². The molecule has 1 spiro atoms. The predicted molar refractivity (Wildman–Crippen MR) is 88.6 cm³/mol. The molecule has 2 amide bonds. The molecule has 3 heterocycles. The van der Waals surface area contributed by atoms with Crippen LogP contribution in [0.25, 0.3) is 0 Å². The van der Waals surface area contributed by atoms with Gasteiger partial charge in [0.2, 0.25) is 5.91 Å². The first-order valence-corrected chi connectivity index (χ1v) is 8.76. The molecule has 2 saturated heterocycles. The highest BCUT2D eigenvalue weighted by Crippen LogP contribution is 2.39. The number of nitrogens with one attached hydrogen (secondary N) is 1. The largest absolute Gasteiger partial charge is 0.486 e. The summed E-state index contributed by atoms with van der Waals surface area (Å²) in [5, 5.41) is 13.3. The number of nitrogens with zero attached hydrogens (tertiary/aromatic N) is 1. The quantitative estimate of drug-likeness (QED) is 0.776. The first-order valence-electron chi connectivity index (χ1n) is 8.76. The lowest BCUT2D eigenvalue weighted by Gasteiger charge is -2.46. The number of fused-ring (bicyclic) bond motifs is 1. The number of hydrogen-bond donors (Lipinski definition) is 2. The summed E-state index contributed by atoms with van der Waals surface area (Å²) < 4.78 is 11.2. The van der Waals surface area contributed by atoms with Gasteiger partial charge in [0.25, 0.3) is 5.91 Å². The van der Waals surface area contributed by atoms with Crippen molar-refractivity contribution in [3.8, 4) is 11.5 Å². The average Bonchev–Trinajstić information content (AvgIpc) is 2.65. The molecule has 134 valence electrons. The van der Waals surface area contributed by atoms with Crippen LogP contribution in [0.4, 0.5) is 0 Å². The molecular weight excluding hydrogens is 324 g/mol. The van der Waals surface area contributed by atoms with Gasteiger partial charge >= 0.3 is 0 Å². The highest BCUT2D eigenvalue weighted by atomic mass is 16.6. The van der Waals surface area contributed by atoms with Crippen LogP contribution >= 0.6 is 0 Å². The van der Waals surface area contributed by atoms with E-state index >= 15 is 0 Å². The molecule has 3 aliphatic rings. The Morgan fingerprint density at radius 1 is 1.32 bits per heavy atom. The topological polar surface area (TPSA) is 88.1 Å². The third-order valence-corrected chi connectivity index (χ3v) is 5.40. The standard InChI is InChI=1S/C18H22N2O5/c21-14-5-8-20(11-18(14)6-2-7-19-17(18)23)16(22)12-3-1-4-13-15(12)25-10-9-24-13/h1,3-4,14,21H,2,5-11H2,(H,19,23)/t14-,18+/m0/s1. The van der Waals surface area contributed by atoms with Crippen LogP contribution in [0, 0.1) is 5.41 Å². The van der Waals surface area contributed by atoms with Gasteiger partial charge in [-0.15, -0.1) is 0 Å². The van der Waals surface area contributed by atoms with Gasteiger partial charge < -0.3 is 24.8 Å². The molecule has 1 aromatic rings. The zero-order chi connectivity index (χ0) is 17.4. The Hall–Kier alpha value is -2.28. The number of hydrogen-bond acceptors (Lipinski definition) is 5. The Kier molecular flexibility index (Phi) is 4.03. The zero-order valence-electron chi connectivity index (χ0n) is 14.0. The van der Waals surface area contributed by atoms with Crippen molar-refractivity contribution in [3.05, 3.63) is 23.8 Å². The Labute approximate surface area is 145 Å². The Bertz CT molecular complexity index is 707. The van der Waals surface area contributed by atoms with Gasteiger partial charge in [-0.1, -0.05) is 6.07 Å². The number of ether oxygens (including phenoxy) is 2. The van der Waals surface area contributed by atoms with Crippen molar-refractivity contribution in [1.82, 2.24) is 10.2 Å². The van der Waals surface area contributed by atoms with Gasteiger partial charge in [0, 0.05) is 19.6 Å². The number of aliphatic hydroxyl groups excluding tert-OH is 1. The highest BCUT2D eigenvalue weighted by molar-refractivity contribution is 5.98.